The molecule has 1 saturated carbocycles. The van der Waals surface area contributed by atoms with Crippen LogP contribution in [0.2, 0.25) is 0 Å². The molecule has 36 heavy (non-hydrogen) atoms. The van der Waals surface area contributed by atoms with Crippen LogP contribution in [0.15, 0.2) is 69.9 Å². The second-order valence-electron chi connectivity index (χ2n) is 8.79. The number of amides is 3. The van der Waals surface area contributed by atoms with E-state index in [-0.39, 0.29) is 35.8 Å². The molecule has 1 fully saturated rings. The lowest BCUT2D eigenvalue weighted by Crippen LogP contribution is -2.49. The van der Waals surface area contributed by atoms with Crippen molar-refractivity contribution in [3.8, 4) is 0 Å². The predicted molar refractivity (Wildman–Crippen MR) is 131 cm³/mol. The third-order valence-electron chi connectivity index (χ3n) is 6.24. The lowest BCUT2D eigenvalue weighted by Gasteiger charge is -2.32. The van der Waals surface area contributed by atoms with Crippen LogP contribution in [0.1, 0.15) is 71.7 Å². The molecule has 1 atom stereocenters. The standard InChI is InChI=1S/C27H29N3O6/c1-18(31)19-11-13-21(14-12-19)30(24(32)17-28-26(33)23-10-6-16-36-23)25(22-9-5-15-35-22)27(34)29-20-7-3-2-4-8-20/h5-6,9-16,20,25H,2-4,7-8,17H2,1H3,(H,28,33)(H,29,34)/t25-/m0/s1. The summed E-state index contributed by atoms with van der Waals surface area (Å²) in [5.41, 5.74) is 0.857. The molecule has 9 heteroatoms. The average Bonchev–Trinajstić information content (AvgIpc) is 3.61. The van der Waals surface area contributed by atoms with Gasteiger partial charge in [0.15, 0.2) is 17.6 Å². The van der Waals surface area contributed by atoms with Gasteiger partial charge in [0.2, 0.25) is 5.91 Å². The van der Waals surface area contributed by atoms with Crippen LogP contribution in [-0.2, 0) is 9.59 Å². The van der Waals surface area contributed by atoms with Gasteiger partial charge in [0.05, 0.1) is 19.1 Å². The fourth-order valence-electron chi connectivity index (χ4n) is 4.38. The molecule has 0 radical (unpaired) electrons. The van der Waals surface area contributed by atoms with Crippen LogP contribution < -0.4 is 15.5 Å². The molecule has 1 aromatic carbocycles. The molecule has 0 aliphatic heterocycles. The maximum atomic E-state index is 13.6. The number of benzene rings is 1. The molecule has 9 nitrogen and oxygen atoms in total. The first-order valence-corrected chi connectivity index (χ1v) is 12.0. The summed E-state index contributed by atoms with van der Waals surface area (Å²) >= 11 is 0. The monoisotopic (exact) mass is 491 g/mol. The summed E-state index contributed by atoms with van der Waals surface area (Å²) in [6, 6.07) is 11.6. The van der Waals surface area contributed by atoms with E-state index in [1.54, 1.807) is 42.5 Å². The number of carbonyl (C=O) groups is 4. The molecule has 1 aliphatic carbocycles. The summed E-state index contributed by atoms with van der Waals surface area (Å²) < 4.78 is 10.7. The lowest BCUT2D eigenvalue weighted by molar-refractivity contribution is -0.127. The van der Waals surface area contributed by atoms with Crippen molar-refractivity contribution >= 4 is 29.2 Å². The van der Waals surface area contributed by atoms with Gasteiger partial charge in [-0.05, 0) is 68.3 Å². The van der Waals surface area contributed by atoms with Crippen molar-refractivity contribution < 1.29 is 28.0 Å². The van der Waals surface area contributed by atoms with E-state index in [0.29, 0.717) is 11.3 Å². The number of furan rings is 2. The Balaban J connectivity index is 1.65. The fraction of sp³-hybridized carbons (Fsp3) is 0.333. The van der Waals surface area contributed by atoms with E-state index in [4.69, 9.17) is 8.83 Å². The van der Waals surface area contributed by atoms with Crippen LogP contribution in [0.25, 0.3) is 0 Å². The number of Topliss-reactive ketones (excluding diaryl/α,β-unsaturated/α-hetero) is 1. The smallest absolute Gasteiger partial charge is 0.287 e. The summed E-state index contributed by atoms with van der Waals surface area (Å²) in [6.07, 6.45) is 7.75. The Morgan fingerprint density at radius 3 is 2.25 bits per heavy atom. The Morgan fingerprint density at radius 1 is 0.944 bits per heavy atom. The number of rotatable bonds is 9. The van der Waals surface area contributed by atoms with Gasteiger partial charge in [-0.2, -0.15) is 0 Å². The van der Waals surface area contributed by atoms with E-state index >= 15 is 0 Å². The Bertz CT molecular complexity index is 1180. The highest BCUT2D eigenvalue weighted by Crippen LogP contribution is 2.30. The largest absolute Gasteiger partial charge is 0.467 e. The van der Waals surface area contributed by atoms with Gasteiger partial charge in [0, 0.05) is 17.3 Å². The zero-order chi connectivity index (χ0) is 25.5. The summed E-state index contributed by atoms with van der Waals surface area (Å²) in [7, 11) is 0. The fourth-order valence-corrected chi connectivity index (χ4v) is 4.38. The van der Waals surface area contributed by atoms with Crippen molar-refractivity contribution in [1.29, 1.82) is 0 Å². The lowest BCUT2D eigenvalue weighted by atomic mass is 9.95. The van der Waals surface area contributed by atoms with Gasteiger partial charge in [-0.3, -0.25) is 24.1 Å². The van der Waals surface area contributed by atoms with Crippen LogP contribution >= 0.6 is 0 Å². The Hall–Kier alpha value is -4.14. The second-order valence-corrected chi connectivity index (χ2v) is 8.79. The average molecular weight is 492 g/mol. The van der Waals surface area contributed by atoms with Crippen molar-refractivity contribution in [3.05, 3.63) is 78.1 Å². The molecule has 188 valence electrons. The van der Waals surface area contributed by atoms with Crippen LogP contribution in [0, 0.1) is 0 Å². The second kappa shape index (κ2) is 11.5. The summed E-state index contributed by atoms with van der Waals surface area (Å²) in [5, 5.41) is 5.62. The SMILES string of the molecule is CC(=O)c1ccc(N(C(=O)CNC(=O)c2ccco2)[C@H](C(=O)NC2CCCCC2)c2ccco2)cc1. The van der Waals surface area contributed by atoms with Gasteiger partial charge < -0.3 is 19.5 Å². The molecular weight excluding hydrogens is 462 g/mol. The predicted octanol–water partition coefficient (Wildman–Crippen LogP) is 4.03. The maximum Gasteiger partial charge on any atom is 0.287 e. The molecule has 0 saturated heterocycles. The van der Waals surface area contributed by atoms with Gasteiger partial charge in [-0.15, -0.1) is 0 Å². The molecule has 2 heterocycles. The highest BCUT2D eigenvalue weighted by Gasteiger charge is 2.36. The van der Waals surface area contributed by atoms with Crippen molar-refractivity contribution in [1.82, 2.24) is 10.6 Å². The minimum atomic E-state index is -1.11. The number of nitrogens with one attached hydrogen (secondary N) is 2. The molecule has 3 amide bonds. The quantitative estimate of drug-likeness (QED) is 0.436. The molecule has 0 unspecified atom stereocenters. The van der Waals surface area contributed by atoms with Crippen LogP contribution in [-0.4, -0.2) is 36.1 Å². The van der Waals surface area contributed by atoms with Crippen LogP contribution in [0.5, 0.6) is 0 Å². The zero-order valence-corrected chi connectivity index (χ0v) is 20.1. The zero-order valence-electron chi connectivity index (χ0n) is 20.1. The van der Waals surface area contributed by atoms with E-state index in [0.717, 1.165) is 32.1 Å². The van der Waals surface area contributed by atoms with Gasteiger partial charge in [0.1, 0.15) is 5.76 Å². The van der Waals surface area contributed by atoms with E-state index < -0.39 is 17.9 Å². The summed E-state index contributed by atoms with van der Waals surface area (Å²) in [6.45, 7) is 1.06. The Morgan fingerprint density at radius 2 is 1.64 bits per heavy atom. The number of nitrogens with zero attached hydrogens (tertiary/aromatic N) is 1. The number of carbonyl (C=O) groups excluding carboxylic acids is 4. The van der Waals surface area contributed by atoms with E-state index in [1.165, 1.54) is 30.4 Å². The minimum absolute atomic E-state index is 0.0133. The third-order valence-corrected chi connectivity index (χ3v) is 6.24. The first kappa shape index (κ1) is 25.0. The highest BCUT2D eigenvalue weighted by molar-refractivity contribution is 6.04. The molecule has 0 bridgehead atoms. The molecule has 4 rings (SSSR count). The first-order chi connectivity index (χ1) is 17.4. The molecule has 1 aliphatic rings. The third kappa shape index (κ3) is 5.91. The number of ketones is 1. The van der Waals surface area contributed by atoms with Gasteiger partial charge in [-0.1, -0.05) is 19.3 Å². The molecular formula is C27H29N3O6. The van der Waals surface area contributed by atoms with E-state index in [2.05, 4.69) is 10.6 Å². The number of hydrogen-bond acceptors (Lipinski definition) is 6. The summed E-state index contributed by atoms with van der Waals surface area (Å²) in [5.74, 6) is -1.24. The Labute approximate surface area is 208 Å². The molecule has 2 aromatic heterocycles. The van der Waals surface area contributed by atoms with Crippen molar-refractivity contribution in [2.24, 2.45) is 0 Å². The topological polar surface area (TPSA) is 122 Å². The van der Waals surface area contributed by atoms with Gasteiger partial charge >= 0.3 is 0 Å². The van der Waals surface area contributed by atoms with Crippen molar-refractivity contribution in [2.75, 3.05) is 11.4 Å². The van der Waals surface area contributed by atoms with Crippen molar-refractivity contribution in [2.45, 2.75) is 51.1 Å². The Kier molecular flexibility index (Phi) is 7.99. The summed E-state index contributed by atoms with van der Waals surface area (Å²) in [4.78, 5) is 52.6. The molecule has 0 spiro atoms. The maximum absolute atomic E-state index is 13.6. The van der Waals surface area contributed by atoms with Gasteiger partial charge in [-0.25, -0.2) is 0 Å². The van der Waals surface area contributed by atoms with Crippen molar-refractivity contribution in [3.63, 3.8) is 0 Å². The number of anilines is 1. The molecule has 2 N–H and O–H groups in total. The normalized spacial score (nSPS) is 14.6. The van der Waals surface area contributed by atoms with Crippen LogP contribution in [0.3, 0.4) is 0 Å². The number of hydrogen-bond donors (Lipinski definition) is 2. The van der Waals surface area contributed by atoms with E-state index in [9.17, 15) is 19.2 Å². The molecule has 3 aromatic rings. The first-order valence-electron chi connectivity index (χ1n) is 12.0. The van der Waals surface area contributed by atoms with Gasteiger partial charge in [0.25, 0.3) is 11.8 Å². The highest BCUT2D eigenvalue weighted by atomic mass is 16.3. The minimum Gasteiger partial charge on any atom is -0.467 e. The van der Waals surface area contributed by atoms with Crippen LogP contribution in [0.4, 0.5) is 5.69 Å². The van der Waals surface area contributed by atoms with E-state index in [1.807, 2.05) is 0 Å².